The van der Waals surface area contributed by atoms with Crippen LogP contribution >= 0.6 is 23.2 Å². The van der Waals surface area contributed by atoms with Gasteiger partial charge in [0.2, 0.25) is 0 Å². The fraction of sp³-hybridized carbons (Fsp3) is 0.0952. The summed E-state index contributed by atoms with van der Waals surface area (Å²) in [6.07, 6.45) is 0. The summed E-state index contributed by atoms with van der Waals surface area (Å²) >= 11 is 12.0. The number of esters is 1. The van der Waals surface area contributed by atoms with Crippen molar-refractivity contribution < 1.29 is 27.4 Å². The maximum atomic E-state index is 13.0. The van der Waals surface area contributed by atoms with Crippen LogP contribution < -0.4 is 14.2 Å². The number of carbonyl (C=O) groups excluding carboxylic acids is 1. The molecule has 0 atom stereocenters. The molecule has 0 aliphatic heterocycles. The van der Waals surface area contributed by atoms with E-state index in [9.17, 15) is 13.2 Å². The number of methoxy groups -OCH3 is 2. The number of anilines is 1. The summed E-state index contributed by atoms with van der Waals surface area (Å²) in [5, 5.41) is 0.359. The number of carbonyl (C=O) groups is 1. The topological polar surface area (TPSA) is 90.9 Å². The highest BCUT2D eigenvalue weighted by Crippen LogP contribution is 2.35. The molecule has 0 amide bonds. The number of benzene rings is 3. The number of hydrogen-bond acceptors (Lipinski definition) is 6. The van der Waals surface area contributed by atoms with Gasteiger partial charge >= 0.3 is 5.97 Å². The van der Waals surface area contributed by atoms with Gasteiger partial charge in [-0.15, -0.1) is 0 Å². The molecular formula is C21H17Cl2NO6S. The molecule has 0 aliphatic carbocycles. The summed E-state index contributed by atoms with van der Waals surface area (Å²) in [5.41, 5.74) is 0.0240. The van der Waals surface area contributed by atoms with Crippen molar-refractivity contribution in [2.75, 3.05) is 18.9 Å². The van der Waals surface area contributed by atoms with Gasteiger partial charge in [0.05, 0.1) is 35.4 Å². The van der Waals surface area contributed by atoms with Gasteiger partial charge in [0.1, 0.15) is 11.5 Å². The van der Waals surface area contributed by atoms with E-state index in [1.807, 2.05) is 0 Å². The first-order valence-electron chi connectivity index (χ1n) is 8.75. The minimum atomic E-state index is -4.12. The molecule has 0 radical (unpaired) electrons. The number of rotatable bonds is 7. The van der Waals surface area contributed by atoms with E-state index in [4.69, 9.17) is 32.7 Å². The van der Waals surface area contributed by atoms with E-state index in [1.165, 1.54) is 38.5 Å². The first-order valence-corrected chi connectivity index (χ1v) is 11.0. The number of halogens is 2. The maximum absolute atomic E-state index is 13.0. The Morgan fingerprint density at radius 2 is 1.68 bits per heavy atom. The fourth-order valence-corrected chi connectivity index (χ4v) is 4.06. The van der Waals surface area contributed by atoms with Gasteiger partial charge < -0.3 is 14.2 Å². The monoisotopic (exact) mass is 481 g/mol. The van der Waals surface area contributed by atoms with E-state index >= 15 is 0 Å². The van der Waals surface area contributed by atoms with Crippen LogP contribution in [0.1, 0.15) is 10.4 Å². The molecule has 0 saturated carbocycles. The zero-order chi connectivity index (χ0) is 22.6. The van der Waals surface area contributed by atoms with Gasteiger partial charge in [0, 0.05) is 11.1 Å². The van der Waals surface area contributed by atoms with Crippen LogP contribution in [0.25, 0.3) is 0 Å². The van der Waals surface area contributed by atoms with E-state index in [-0.39, 0.29) is 26.9 Å². The van der Waals surface area contributed by atoms with Crippen LogP contribution in [0.15, 0.2) is 65.6 Å². The Bertz CT molecular complexity index is 1230. The van der Waals surface area contributed by atoms with E-state index in [2.05, 4.69) is 9.46 Å². The van der Waals surface area contributed by atoms with Gasteiger partial charge in [0.15, 0.2) is 5.75 Å². The summed E-state index contributed by atoms with van der Waals surface area (Å²) in [5.74, 6) is 0.460. The van der Waals surface area contributed by atoms with Gasteiger partial charge in [-0.1, -0.05) is 29.3 Å². The van der Waals surface area contributed by atoms with Crippen LogP contribution in [0.5, 0.6) is 17.2 Å². The molecule has 0 saturated heterocycles. The first kappa shape index (κ1) is 22.7. The molecule has 0 aromatic heterocycles. The molecule has 0 unspecified atom stereocenters. The van der Waals surface area contributed by atoms with Gasteiger partial charge in [-0.2, -0.15) is 0 Å². The quantitative estimate of drug-likeness (QED) is 0.455. The van der Waals surface area contributed by atoms with Crippen molar-refractivity contribution in [3.63, 3.8) is 0 Å². The lowest BCUT2D eigenvalue weighted by atomic mass is 10.2. The summed E-state index contributed by atoms with van der Waals surface area (Å²) in [6, 6.07) is 15.0. The molecule has 0 spiro atoms. The second-order valence-electron chi connectivity index (χ2n) is 6.16. The lowest BCUT2D eigenvalue weighted by Gasteiger charge is -2.15. The Balaban J connectivity index is 1.96. The van der Waals surface area contributed by atoms with Crippen molar-refractivity contribution in [1.29, 1.82) is 0 Å². The molecule has 162 valence electrons. The predicted molar refractivity (Wildman–Crippen MR) is 118 cm³/mol. The van der Waals surface area contributed by atoms with Gasteiger partial charge in [-0.25, -0.2) is 13.2 Å². The second-order valence-corrected chi connectivity index (χ2v) is 8.69. The Labute approximate surface area is 189 Å². The van der Waals surface area contributed by atoms with Crippen molar-refractivity contribution >= 4 is 44.9 Å². The average Bonchev–Trinajstić information content (AvgIpc) is 2.75. The molecule has 3 aromatic carbocycles. The molecule has 10 heteroatoms. The fourth-order valence-electron chi connectivity index (χ4n) is 2.60. The predicted octanol–water partition coefficient (Wildman–Crippen LogP) is 5.38. The Kier molecular flexibility index (Phi) is 6.94. The van der Waals surface area contributed by atoms with Crippen molar-refractivity contribution in [2.24, 2.45) is 0 Å². The lowest BCUT2D eigenvalue weighted by Crippen LogP contribution is -2.15. The third-order valence-electron chi connectivity index (χ3n) is 4.11. The average molecular weight is 482 g/mol. The molecule has 3 rings (SSSR count). The van der Waals surface area contributed by atoms with Crippen molar-refractivity contribution in [3.05, 3.63) is 76.3 Å². The highest BCUT2D eigenvalue weighted by Gasteiger charge is 2.21. The van der Waals surface area contributed by atoms with Crippen molar-refractivity contribution in [3.8, 4) is 17.2 Å². The van der Waals surface area contributed by atoms with Gasteiger partial charge in [0.25, 0.3) is 10.0 Å². The zero-order valence-electron chi connectivity index (χ0n) is 16.4. The highest BCUT2D eigenvalue weighted by atomic mass is 35.5. The molecule has 7 nitrogen and oxygen atoms in total. The molecule has 0 bridgehead atoms. The van der Waals surface area contributed by atoms with Crippen LogP contribution in [-0.4, -0.2) is 28.6 Å². The third-order valence-corrected chi connectivity index (χ3v) is 6.04. The van der Waals surface area contributed by atoms with Crippen molar-refractivity contribution in [1.82, 2.24) is 0 Å². The summed E-state index contributed by atoms with van der Waals surface area (Å²) in [7, 11) is -1.42. The SMILES string of the molecule is COC(=O)c1cc(S(=O)(=O)Nc2cc(Cl)ccc2Oc2cccc(OC)c2)ccc1Cl. The first-order chi connectivity index (χ1) is 14.7. The number of sulfonamides is 1. The van der Waals surface area contributed by atoms with Crippen LogP contribution in [0.3, 0.4) is 0 Å². The molecule has 3 aromatic rings. The highest BCUT2D eigenvalue weighted by molar-refractivity contribution is 7.92. The third kappa shape index (κ3) is 5.41. The molecule has 0 heterocycles. The molecule has 1 N–H and O–H groups in total. The van der Waals surface area contributed by atoms with E-state index in [0.29, 0.717) is 16.5 Å². The van der Waals surface area contributed by atoms with E-state index in [0.717, 1.165) is 6.07 Å². The minimum absolute atomic E-state index is 0.0654. The van der Waals surface area contributed by atoms with Crippen LogP contribution in [0.2, 0.25) is 10.0 Å². The minimum Gasteiger partial charge on any atom is -0.497 e. The zero-order valence-corrected chi connectivity index (χ0v) is 18.7. The molecule has 0 aliphatic rings. The maximum Gasteiger partial charge on any atom is 0.339 e. The number of ether oxygens (including phenoxy) is 3. The molecule has 31 heavy (non-hydrogen) atoms. The van der Waals surface area contributed by atoms with E-state index < -0.39 is 16.0 Å². The second kappa shape index (κ2) is 9.47. The van der Waals surface area contributed by atoms with Crippen molar-refractivity contribution in [2.45, 2.75) is 4.90 Å². The normalized spacial score (nSPS) is 11.0. The smallest absolute Gasteiger partial charge is 0.339 e. The Morgan fingerprint density at radius 1 is 0.935 bits per heavy atom. The summed E-state index contributed by atoms with van der Waals surface area (Å²) in [6.45, 7) is 0. The Hall–Kier alpha value is -2.94. The summed E-state index contributed by atoms with van der Waals surface area (Å²) in [4.78, 5) is 11.7. The van der Waals surface area contributed by atoms with Crippen LogP contribution in [-0.2, 0) is 14.8 Å². The van der Waals surface area contributed by atoms with Gasteiger partial charge in [-0.3, -0.25) is 4.72 Å². The number of hydrogen-bond donors (Lipinski definition) is 1. The standard InChI is InChI=1S/C21H17Cl2NO6S/c1-28-14-4-3-5-15(11-14)30-20-9-6-13(22)10-19(20)24-31(26,27)16-7-8-18(23)17(12-16)21(25)29-2/h3-12,24H,1-2H3. The molecular weight excluding hydrogens is 465 g/mol. The van der Waals surface area contributed by atoms with Gasteiger partial charge in [-0.05, 0) is 48.5 Å². The summed E-state index contributed by atoms with van der Waals surface area (Å²) < 4.78 is 44.0. The Morgan fingerprint density at radius 3 is 2.39 bits per heavy atom. The molecule has 0 fully saturated rings. The van der Waals surface area contributed by atoms with Crippen LogP contribution in [0, 0.1) is 0 Å². The van der Waals surface area contributed by atoms with E-state index in [1.54, 1.807) is 30.3 Å². The number of nitrogens with one attached hydrogen (secondary N) is 1. The lowest BCUT2D eigenvalue weighted by molar-refractivity contribution is 0.0600. The van der Waals surface area contributed by atoms with Crippen LogP contribution in [0.4, 0.5) is 5.69 Å². The largest absolute Gasteiger partial charge is 0.497 e.